The molecular formula is C18H30O2Si. The summed E-state index contributed by atoms with van der Waals surface area (Å²) in [4.78, 5) is 0. The van der Waals surface area contributed by atoms with Crippen LogP contribution < -0.4 is 0 Å². The highest BCUT2D eigenvalue weighted by Gasteiger charge is 2.52. The van der Waals surface area contributed by atoms with Crippen molar-refractivity contribution in [2.24, 2.45) is 0 Å². The lowest BCUT2D eigenvalue weighted by atomic mass is 10.2. The molecule has 3 heteroatoms. The highest BCUT2D eigenvalue weighted by molar-refractivity contribution is 6.84. The Morgan fingerprint density at radius 1 is 1.14 bits per heavy atom. The summed E-state index contributed by atoms with van der Waals surface area (Å²) >= 11 is 0. The second-order valence-corrected chi connectivity index (χ2v) is 12.7. The van der Waals surface area contributed by atoms with Gasteiger partial charge in [-0.3, -0.25) is 0 Å². The van der Waals surface area contributed by atoms with Gasteiger partial charge in [-0.15, -0.1) is 0 Å². The normalized spacial score (nSPS) is 18.4. The zero-order valence-corrected chi connectivity index (χ0v) is 15.3. The third-order valence-corrected chi connectivity index (χ3v) is 11.3. The van der Waals surface area contributed by atoms with Crippen LogP contribution in [0, 0.1) is 0 Å². The Morgan fingerprint density at radius 3 is 2.19 bits per heavy atom. The summed E-state index contributed by atoms with van der Waals surface area (Å²) in [5.74, 6) is 0. The van der Waals surface area contributed by atoms with Crippen LogP contribution in [0.25, 0.3) is 0 Å². The van der Waals surface area contributed by atoms with Crippen molar-refractivity contribution >= 4 is 8.07 Å². The molecule has 1 rings (SSSR count). The molecule has 0 saturated carbocycles. The molecule has 0 aliphatic heterocycles. The summed E-state index contributed by atoms with van der Waals surface area (Å²) < 4.78 is 6.01. The van der Waals surface area contributed by atoms with Gasteiger partial charge in [0, 0.05) is 6.23 Å². The van der Waals surface area contributed by atoms with Crippen LogP contribution in [0.5, 0.6) is 0 Å². The van der Waals surface area contributed by atoms with Crippen LogP contribution in [0.3, 0.4) is 0 Å². The highest BCUT2D eigenvalue weighted by Crippen LogP contribution is 2.43. The third kappa shape index (κ3) is 4.28. The molecular weight excluding hydrogens is 276 g/mol. The molecule has 1 aromatic rings. The molecule has 2 atom stereocenters. The molecule has 0 amide bonds. The Kier molecular flexibility index (Phi) is 5.97. The first-order valence-corrected chi connectivity index (χ1v) is 10.3. The summed E-state index contributed by atoms with van der Waals surface area (Å²) in [6, 6.07) is 10.2. The third-order valence-electron chi connectivity index (χ3n) is 4.77. The van der Waals surface area contributed by atoms with Crippen molar-refractivity contribution in [2.45, 2.75) is 58.0 Å². The second kappa shape index (κ2) is 6.90. The first kappa shape index (κ1) is 18.1. The van der Waals surface area contributed by atoms with E-state index in [-0.39, 0.29) is 5.04 Å². The largest absolute Gasteiger partial charge is 0.390 e. The maximum absolute atomic E-state index is 11.0. The minimum Gasteiger partial charge on any atom is -0.390 e. The van der Waals surface area contributed by atoms with E-state index in [9.17, 15) is 5.11 Å². The summed E-state index contributed by atoms with van der Waals surface area (Å²) in [5.41, 5.74) is 1.17. The summed E-state index contributed by atoms with van der Waals surface area (Å²) in [6.45, 7) is 13.4. The van der Waals surface area contributed by atoms with Crippen molar-refractivity contribution in [3.8, 4) is 0 Å². The van der Waals surface area contributed by atoms with Gasteiger partial charge in [-0.2, -0.15) is 0 Å². The Hall–Kier alpha value is -0.903. The van der Waals surface area contributed by atoms with Gasteiger partial charge in [0.1, 0.15) is 8.07 Å². The number of ether oxygens (including phenoxy) is 1. The molecule has 2 nitrogen and oxygen atoms in total. The molecule has 0 unspecified atom stereocenters. The van der Waals surface area contributed by atoms with Crippen molar-refractivity contribution in [3.05, 3.63) is 48.0 Å². The van der Waals surface area contributed by atoms with Gasteiger partial charge in [0.15, 0.2) is 0 Å². The molecule has 1 aromatic carbocycles. The van der Waals surface area contributed by atoms with Crippen molar-refractivity contribution in [3.63, 3.8) is 0 Å². The van der Waals surface area contributed by atoms with Crippen molar-refractivity contribution < 1.29 is 9.84 Å². The molecule has 0 radical (unpaired) electrons. The van der Waals surface area contributed by atoms with Gasteiger partial charge in [-0.25, -0.2) is 0 Å². The first-order chi connectivity index (χ1) is 9.64. The van der Waals surface area contributed by atoms with E-state index in [1.54, 1.807) is 0 Å². The van der Waals surface area contributed by atoms with Gasteiger partial charge >= 0.3 is 0 Å². The molecule has 1 N–H and O–H groups in total. The number of benzene rings is 1. The van der Waals surface area contributed by atoms with Crippen LogP contribution in [-0.4, -0.2) is 24.6 Å². The van der Waals surface area contributed by atoms with Crippen LogP contribution >= 0.6 is 0 Å². The molecule has 0 spiro atoms. The lowest BCUT2D eigenvalue weighted by Crippen LogP contribution is -2.62. The second-order valence-electron chi connectivity index (χ2n) is 7.21. The van der Waals surface area contributed by atoms with E-state index < -0.39 is 13.3 Å². The van der Waals surface area contributed by atoms with E-state index in [0.717, 1.165) is 0 Å². The summed E-state index contributed by atoms with van der Waals surface area (Å²) in [7, 11) is -2.11. The minimum absolute atomic E-state index is 0.0483. The first-order valence-electron chi connectivity index (χ1n) is 7.62. The summed E-state index contributed by atoms with van der Waals surface area (Å²) in [5, 5.41) is 10.2. The Morgan fingerprint density at radius 2 is 1.71 bits per heavy atom. The smallest absolute Gasteiger partial charge is 0.127 e. The Bertz CT molecular complexity index is 460. The molecule has 0 saturated heterocycles. The van der Waals surface area contributed by atoms with Crippen LogP contribution in [0.2, 0.25) is 11.6 Å². The van der Waals surface area contributed by atoms with E-state index in [2.05, 4.69) is 39.5 Å². The zero-order valence-electron chi connectivity index (χ0n) is 14.3. The van der Waals surface area contributed by atoms with E-state index in [0.29, 0.717) is 12.8 Å². The van der Waals surface area contributed by atoms with Crippen molar-refractivity contribution in [2.75, 3.05) is 6.23 Å². The molecule has 0 aliphatic carbocycles. The van der Waals surface area contributed by atoms with Gasteiger partial charge in [0.25, 0.3) is 0 Å². The summed E-state index contributed by atoms with van der Waals surface area (Å²) in [6.07, 6.45) is 4.51. The van der Waals surface area contributed by atoms with Gasteiger partial charge in [0.05, 0.1) is 11.8 Å². The van der Waals surface area contributed by atoms with Crippen molar-refractivity contribution in [1.82, 2.24) is 0 Å². The fourth-order valence-corrected chi connectivity index (χ4v) is 5.87. The van der Waals surface area contributed by atoms with E-state index in [1.165, 1.54) is 5.56 Å². The molecule has 0 aromatic heterocycles. The Labute approximate surface area is 130 Å². The maximum Gasteiger partial charge on any atom is 0.127 e. The van der Waals surface area contributed by atoms with Crippen LogP contribution in [0.15, 0.2) is 42.5 Å². The minimum atomic E-state index is -2.11. The van der Waals surface area contributed by atoms with Gasteiger partial charge in [-0.05, 0) is 24.4 Å². The van der Waals surface area contributed by atoms with Gasteiger partial charge in [-0.1, -0.05) is 69.8 Å². The van der Waals surface area contributed by atoms with Crippen LogP contribution in [0.1, 0.15) is 40.2 Å². The topological polar surface area (TPSA) is 29.5 Å². The fourth-order valence-electron chi connectivity index (χ4n) is 2.58. The average Bonchev–Trinajstić information content (AvgIpc) is 2.38. The SMILES string of the molecule is C/C=C/[C@@](C)(O)[Si@](C)(COCc1ccccc1)C(C)(C)C. The fraction of sp³-hybridized carbons (Fsp3) is 0.556. The quantitative estimate of drug-likeness (QED) is 0.620. The van der Waals surface area contributed by atoms with E-state index >= 15 is 0 Å². The van der Waals surface area contributed by atoms with Gasteiger partial charge < -0.3 is 9.84 Å². The van der Waals surface area contributed by atoms with E-state index in [4.69, 9.17) is 4.74 Å². The van der Waals surface area contributed by atoms with Crippen molar-refractivity contribution in [1.29, 1.82) is 0 Å². The van der Waals surface area contributed by atoms with Crippen LogP contribution in [-0.2, 0) is 11.3 Å². The molecule has 21 heavy (non-hydrogen) atoms. The number of allylic oxidation sites excluding steroid dienone is 1. The van der Waals surface area contributed by atoms with E-state index in [1.807, 2.05) is 44.2 Å². The monoisotopic (exact) mass is 306 g/mol. The highest BCUT2D eigenvalue weighted by atomic mass is 28.3. The molecule has 0 bridgehead atoms. The lowest BCUT2D eigenvalue weighted by Gasteiger charge is -2.48. The number of aliphatic hydroxyl groups is 1. The van der Waals surface area contributed by atoms with Gasteiger partial charge in [0.2, 0.25) is 0 Å². The predicted octanol–water partition coefficient (Wildman–Crippen LogP) is 4.49. The number of hydrogen-bond donors (Lipinski definition) is 1. The lowest BCUT2D eigenvalue weighted by molar-refractivity contribution is 0.129. The maximum atomic E-state index is 11.0. The number of rotatable bonds is 6. The Balaban J connectivity index is 2.85. The molecule has 0 heterocycles. The average molecular weight is 307 g/mol. The molecule has 118 valence electrons. The number of hydrogen-bond acceptors (Lipinski definition) is 2. The molecule has 0 aliphatic rings. The zero-order chi connectivity index (χ0) is 16.1. The van der Waals surface area contributed by atoms with Crippen LogP contribution in [0.4, 0.5) is 0 Å². The molecule has 0 fully saturated rings. The standard InChI is InChI=1S/C18H30O2Si/c1-7-13-18(5,19)21(6,17(2,3)4)15-20-14-16-11-9-8-10-12-16/h7-13,19H,14-15H2,1-6H3/b13-7+/t18-,21+/m0/s1. The predicted molar refractivity (Wildman–Crippen MR) is 92.9 cm³/mol.